The molecule has 5 heteroatoms. The van der Waals surface area contributed by atoms with E-state index in [0.29, 0.717) is 0 Å². The van der Waals surface area contributed by atoms with Crippen molar-refractivity contribution in [2.24, 2.45) is 5.41 Å². The lowest BCUT2D eigenvalue weighted by atomic mass is 9.63. The van der Waals surface area contributed by atoms with E-state index in [0.717, 1.165) is 32.5 Å². The first kappa shape index (κ1) is 10.1. The average molecular weight is 224 g/mol. The normalized spacial score (nSPS) is 45.6. The fourth-order valence-corrected chi connectivity index (χ4v) is 3.07. The van der Waals surface area contributed by atoms with Gasteiger partial charge in [0.25, 0.3) is 0 Å². The van der Waals surface area contributed by atoms with E-state index in [9.17, 15) is 4.79 Å². The van der Waals surface area contributed by atoms with Crippen molar-refractivity contribution in [2.75, 3.05) is 19.6 Å². The van der Waals surface area contributed by atoms with E-state index in [1.54, 1.807) is 6.08 Å². The molecule has 0 radical (unpaired) electrons. The van der Waals surface area contributed by atoms with Gasteiger partial charge in [0.15, 0.2) is 0 Å². The number of nitrogens with zero attached hydrogens (tertiary/aromatic N) is 1. The fourth-order valence-electron chi connectivity index (χ4n) is 3.07. The maximum Gasteiger partial charge on any atom is 0.354 e. The summed E-state index contributed by atoms with van der Waals surface area (Å²) in [5.74, 6) is -0.947. The Labute approximate surface area is 94.0 Å². The first-order chi connectivity index (χ1) is 7.55. The van der Waals surface area contributed by atoms with E-state index in [-0.39, 0.29) is 11.1 Å². The summed E-state index contributed by atoms with van der Waals surface area (Å²) in [6.07, 6.45) is 3.90. The molecule has 1 spiro atoms. The van der Waals surface area contributed by atoms with E-state index in [2.05, 4.69) is 17.3 Å². The van der Waals surface area contributed by atoms with Crippen molar-refractivity contribution in [3.05, 3.63) is 11.8 Å². The van der Waals surface area contributed by atoms with Crippen molar-refractivity contribution in [3.63, 3.8) is 0 Å². The minimum Gasteiger partial charge on any atom is -0.477 e. The van der Waals surface area contributed by atoms with Crippen molar-refractivity contribution >= 4 is 5.97 Å². The Bertz CT molecular complexity index is 371. The van der Waals surface area contributed by atoms with Gasteiger partial charge in [0.1, 0.15) is 11.3 Å². The highest BCUT2D eigenvalue weighted by atomic mass is 16.7. The lowest BCUT2D eigenvalue weighted by Gasteiger charge is -2.56. The molecule has 3 saturated heterocycles. The third-order valence-electron chi connectivity index (χ3n) is 4.39. The summed E-state index contributed by atoms with van der Waals surface area (Å²) in [7, 11) is 0. The maximum atomic E-state index is 10.9. The Morgan fingerprint density at radius 1 is 1.56 bits per heavy atom. The van der Waals surface area contributed by atoms with Crippen molar-refractivity contribution < 1.29 is 14.7 Å². The van der Waals surface area contributed by atoms with Crippen LogP contribution in [0.2, 0.25) is 0 Å². The summed E-state index contributed by atoms with van der Waals surface area (Å²) in [5, 5.41) is 8.96. The number of hydroxylamine groups is 1. The summed E-state index contributed by atoms with van der Waals surface area (Å²) in [6, 6.07) is 0. The van der Waals surface area contributed by atoms with Gasteiger partial charge in [0, 0.05) is 12.0 Å². The summed E-state index contributed by atoms with van der Waals surface area (Å²) >= 11 is 0. The van der Waals surface area contributed by atoms with Crippen LogP contribution in [-0.2, 0) is 9.63 Å². The number of hydrogen-bond donors (Lipinski definition) is 2. The second-order valence-electron chi connectivity index (χ2n) is 5.29. The van der Waals surface area contributed by atoms with Crippen molar-refractivity contribution in [3.8, 4) is 0 Å². The van der Waals surface area contributed by atoms with Crippen LogP contribution in [0, 0.1) is 5.41 Å². The molecule has 1 unspecified atom stereocenters. The van der Waals surface area contributed by atoms with Crippen LogP contribution in [0.1, 0.15) is 19.8 Å². The Morgan fingerprint density at radius 2 is 2.25 bits per heavy atom. The van der Waals surface area contributed by atoms with Crippen LogP contribution < -0.4 is 5.48 Å². The Hall–Kier alpha value is -1.07. The minimum atomic E-state index is -0.947. The molecule has 0 aromatic carbocycles. The van der Waals surface area contributed by atoms with Gasteiger partial charge in [-0.3, -0.25) is 15.2 Å². The molecular weight excluding hydrogens is 208 g/mol. The number of carboxylic acid groups (broad SMARTS) is 1. The molecule has 2 bridgehead atoms. The van der Waals surface area contributed by atoms with Crippen LogP contribution in [-0.4, -0.2) is 41.2 Å². The van der Waals surface area contributed by atoms with E-state index in [1.807, 2.05) is 0 Å². The SMILES string of the molecule is CC12CCN(CC1)CC21C=C(C(=O)O)NO1. The lowest BCUT2D eigenvalue weighted by Crippen LogP contribution is -2.64. The predicted octanol–water partition coefficient (Wildman–Crippen LogP) is 0.344. The number of piperidine rings is 3. The maximum absolute atomic E-state index is 10.9. The molecule has 2 N–H and O–H groups in total. The largest absolute Gasteiger partial charge is 0.477 e. The van der Waals surface area contributed by atoms with Crippen LogP contribution in [0.3, 0.4) is 0 Å². The summed E-state index contributed by atoms with van der Waals surface area (Å²) < 4.78 is 0. The molecule has 0 aromatic rings. The van der Waals surface area contributed by atoms with Gasteiger partial charge in [-0.15, -0.1) is 0 Å². The molecule has 5 nitrogen and oxygen atoms in total. The monoisotopic (exact) mass is 224 g/mol. The molecule has 0 aromatic heterocycles. The highest BCUT2D eigenvalue weighted by molar-refractivity contribution is 5.86. The van der Waals surface area contributed by atoms with Gasteiger partial charge in [0.2, 0.25) is 0 Å². The van der Waals surface area contributed by atoms with Gasteiger partial charge in [-0.05, 0) is 32.0 Å². The first-order valence-electron chi connectivity index (χ1n) is 5.67. The van der Waals surface area contributed by atoms with Crippen molar-refractivity contribution in [1.29, 1.82) is 0 Å². The second kappa shape index (κ2) is 2.99. The highest BCUT2D eigenvalue weighted by Gasteiger charge is 2.57. The van der Waals surface area contributed by atoms with Crippen LogP contribution >= 0.6 is 0 Å². The van der Waals surface area contributed by atoms with Crippen molar-refractivity contribution in [1.82, 2.24) is 10.4 Å². The van der Waals surface area contributed by atoms with Gasteiger partial charge >= 0.3 is 5.97 Å². The number of nitrogens with one attached hydrogen (secondary N) is 1. The molecule has 4 rings (SSSR count). The molecule has 0 saturated carbocycles. The number of aliphatic carboxylic acids is 1. The van der Waals surface area contributed by atoms with Crippen LogP contribution in [0.5, 0.6) is 0 Å². The Kier molecular flexibility index (Phi) is 1.89. The fraction of sp³-hybridized carbons (Fsp3) is 0.727. The number of carbonyl (C=O) groups is 1. The molecule has 4 heterocycles. The molecule has 88 valence electrons. The second-order valence-corrected chi connectivity index (χ2v) is 5.29. The quantitative estimate of drug-likeness (QED) is 0.672. The first-order valence-corrected chi connectivity index (χ1v) is 5.67. The van der Waals surface area contributed by atoms with Crippen molar-refractivity contribution in [2.45, 2.75) is 25.4 Å². The predicted molar refractivity (Wildman–Crippen MR) is 56.5 cm³/mol. The molecule has 16 heavy (non-hydrogen) atoms. The van der Waals surface area contributed by atoms with E-state index in [4.69, 9.17) is 9.94 Å². The topological polar surface area (TPSA) is 61.8 Å². The average Bonchev–Trinajstić information content (AvgIpc) is 2.66. The van der Waals surface area contributed by atoms with Gasteiger partial charge in [-0.25, -0.2) is 4.79 Å². The molecule has 4 aliphatic heterocycles. The molecule has 1 atom stereocenters. The van der Waals surface area contributed by atoms with Gasteiger partial charge in [-0.2, -0.15) is 0 Å². The van der Waals surface area contributed by atoms with Gasteiger partial charge in [-0.1, -0.05) is 6.92 Å². The zero-order chi connectivity index (χ0) is 11.4. The van der Waals surface area contributed by atoms with Gasteiger partial charge < -0.3 is 5.11 Å². The van der Waals surface area contributed by atoms with E-state index < -0.39 is 11.6 Å². The minimum absolute atomic E-state index is 0.0615. The zero-order valence-electron chi connectivity index (χ0n) is 9.32. The van der Waals surface area contributed by atoms with Crippen LogP contribution in [0.15, 0.2) is 11.8 Å². The standard InChI is InChI=1S/C11H16N2O3/c1-10-2-4-13(5-3-10)7-11(10)6-8(9(14)15)12-16-11/h6,12H,2-5,7H2,1H3,(H,14,15). The lowest BCUT2D eigenvalue weighted by molar-refractivity contribution is -0.182. The number of rotatable bonds is 1. The summed E-state index contributed by atoms with van der Waals surface area (Å²) in [4.78, 5) is 18.9. The van der Waals surface area contributed by atoms with E-state index >= 15 is 0 Å². The molecule has 3 fully saturated rings. The Morgan fingerprint density at radius 3 is 2.75 bits per heavy atom. The summed E-state index contributed by atoms with van der Waals surface area (Å²) in [6.45, 7) is 5.19. The third-order valence-corrected chi connectivity index (χ3v) is 4.39. The number of carboxylic acids is 1. The third kappa shape index (κ3) is 1.15. The molecular formula is C11H16N2O3. The van der Waals surface area contributed by atoms with Crippen LogP contribution in [0.4, 0.5) is 0 Å². The molecule has 0 amide bonds. The van der Waals surface area contributed by atoms with Gasteiger partial charge in [0.05, 0.1) is 0 Å². The Balaban J connectivity index is 1.97. The highest BCUT2D eigenvalue weighted by Crippen LogP contribution is 2.50. The van der Waals surface area contributed by atoms with Crippen LogP contribution in [0.25, 0.3) is 0 Å². The smallest absolute Gasteiger partial charge is 0.354 e. The zero-order valence-corrected chi connectivity index (χ0v) is 9.32. The molecule has 0 aliphatic carbocycles. The molecule has 4 aliphatic rings. The van der Waals surface area contributed by atoms with E-state index in [1.165, 1.54) is 0 Å². The number of fused-ring (bicyclic) bond motifs is 2. The number of hydrogen-bond acceptors (Lipinski definition) is 4. The summed E-state index contributed by atoms with van der Waals surface area (Å²) in [5.41, 5.74) is 2.35.